The fourth-order valence-corrected chi connectivity index (χ4v) is 2.97. The van der Waals surface area contributed by atoms with Gasteiger partial charge in [0.25, 0.3) is 0 Å². The van der Waals surface area contributed by atoms with E-state index in [0.717, 1.165) is 27.1 Å². The van der Waals surface area contributed by atoms with Gasteiger partial charge in [-0.2, -0.15) is 0 Å². The van der Waals surface area contributed by atoms with Crippen LogP contribution < -0.4 is 29.6 Å². The first kappa shape index (κ1) is 25.0. The third-order valence-electron chi connectivity index (χ3n) is 3.17. The third-order valence-corrected chi connectivity index (χ3v) is 4.68. The Hall–Kier alpha value is -1.08. The van der Waals surface area contributed by atoms with Crippen LogP contribution >= 0.6 is 15.9 Å². The number of fused-ring (bicyclic) bond motifs is 2. The first-order valence-electron chi connectivity index (χ1n) is 7.39. The zero-order chi connectivity index (χ0) is 20.0. The van der Waals surface area contributed by atoms with E-state index < -0.39 is 20.9 Å². The molecule has 4 heterocycles. The molecule has 1 atom stereocenters. The Labute approximate surface area is 195 Å². The molecule has 4 rings (SSSR count). The summed E-state index contributed by atoms with van der Waals surface area (Å²) in [7, 11) is -3.15. The third kappa shape index (κ3) is 7.74. The van der Waals surface area contributed by atoms with Gasteiger partial charge in [0.2, 0.25) is 0 Å². The van der Waals surface area contributed by atoms with E-state index in [9.17, 15) is 8.42 Å². The Bertz CT molecular complexity index is 1170. The number of sulfone groups is 1. The van der Waals surface area contributed by atoms with E-state index in [2.05, 4.69) is 35.9 Å². The van der Waals surface area contributed by atoms with Gasteiger partial charge < -0.3 is 14.5 Å². The van der Waals surface area contributed by atoms with Crippen molar-refractivity contribution in [1.29, 1.82) is 0 Å². The molecule has 28 heavy (non-hydrogen) atoms. The number of aromatic nitrogens is 4. The average molecular weight is 495 g/mol. The molecule has 0 aliphatic rings. The molecular formula is C16H16BrN4NaO4S2. The molecule has 12 heteroatoms. The van der Waals surface area contributed by atoms with E-state index in [1.54, 1.807) is 24.5 Å². The van der Waals surface area contributed by atoms with Gasteiger partial charge in [-0.15, -0.1) is 0 Å². The summed E-state index contributed by atoms with van der Waals surface area (Å²) in [5, 5.41) is 1.94. The van der Waals surface area contributed by atoms with Gasteiger partial charge in [-0.05, 0) is 46.5 Å². The zero-order valence-electron chi connectivity index (χ0n) is 15.3. The minimum atomic E-state index is -3.15. The van der Waals surface area contributed by atoms with Crippen molar-refractivity contribution >= 4 is 58.9 Å². The van der Waals surface area contributed by atoms with E-state index in [1.165, 1.54) is 12.5 Å². The summed E-state index contributed by atoms with van der Waals surface area (Å²) >= 11 is 1.48. The summed E-state index contributed by atoms with van der Waals surface area (Å²) < 4.78 is 41.3. The Balaban J connectivity index is 0.000000234. The summed E-state index contributed by atoms with van der Waals surface area (Å²) in [5.74, 6) is 0. The van der Waals surface area contributed by atoms with Gasteiger partial charge in [0.15, 0.2) is 9.84 Å². The summed E-state index contributed by atoms with van der Waals surface area (Å²) in [6.45, 7) is 0. The van der Waals surface area contributed by atoms with Crippen molar-refractivity contribution < 1.29 is 46.7 Å². The fraction of sp³-hybridized carbons (Fsp3) is 0.125. The molecule has 0 amide bonds. The molecule has 0 aromatic carbocycles. The van der Waals surface area contributed by atoms with Crippen LogP contribution in [0, 0.1) is 0 Å². The van der Waals surface area contributed by atoms with Gasteiger partial charge >= 0.3 is 29.6 Å². The molecule has 4 aromatic rings. The van der Waals surface area contributed by atoms with Crippen molar-refractivity contribution in [2.75, 3.05) is 12.5 Å². The minimum Gasteiger partial charge on any atom is -0.773 e. The van der Waals surface area contributed by atoms with Crippen molar-refractivity contribution in [3.05, 3.63) is 53.5 Å². The summed E-state index contributed by atoms with van der Waals surface area (Å²) in [5.41, 5.74) is 1.63. The predicted octanol–water partition coefficient (Wildman–Crippen LogP) is -0.209. The number of hydrogen-bond donors (Lipinski definition) is 2. The molecule has 0 bridgehead atoms. The second-order valence-corrected chi connectivity index (χ2v) is 9.06. The van der Waals surface area contributed by atoms with Gasteiger partial charge in [-0.25, -0.2) is 18.4 Å². The Morgan fingerprint density at radius 1 is 1.04 bits per heavy atom. The molecule has 0 radical (unpaired) electrons. The van der Waals surface area contributed by atoms with Gasteiger partial charge in [0.05, 0.1) is 4.90 Å². The molecule has 8 nitrogen and oxygen atoms in total. The maximum absolute atomic E-state index is 11.1. The van der Waals surface area contributed by atoms with Crippen LogP contribution in [0.2, 0.25) is 0 Å². The van der Waals surface area contributed by atoms with Crippen molar-refractivity contribution in [3.63, 3.8) is 0 Å². The van der Waals surface area contributed by atoms with Crippen LogP contribution in [0.3, 0.4) is 0 Å². The number of pyridine rings is 2. The predicted molar refractivity (Wildman–Crippen MR) is 108 cm³/mol. The smallest absolute Gasteiger partial charge is 0.773 e. The first-order chi connectivity index (χ1) is 12.7. The topological polar surface area (TPSA) is 132 Å². The van der Waals surface area contributed by atoms with Crippen LogP contribution in [0.5, 0.6) is 0 Å². The number of nitrogens with one attached hydrogen (secondary N) is 2. The summed E-state index contributed by atoms with van der Waals surface area (Å²) in [4.78, 5) is 14.3. The number of nitrogens with zero attached hydrogens (tertiary/aromatic N) is 2. The van der Waals surface area contributed by atoms with Crippen LogP contribution in [-0.4, -0.2) is 49.6 Å². The van der Waals surface area contributed by atoms with Crippen LogP contribution in [0.25, 0.3) is 22.1 Å². The van der Waals surface area contributed by atoms with Crippen LogP contribution in [0.4, 0.5) is 0 Å². The van der Waals surface area contributed by atoms with E-state index in [4.69, 9.17) is 8.76 Å². The van der Waals surface area contributed by atoms with Gasteiger partial charge in [0, 0.05) is 46.3 Å². The Kier molecular flexibility index (Phi) is 9.98. The molecule has 1 unspecified atom stereocenters. The molecule has 0 saturated heterocycles. The van der Waals surface area contributed by atoms with Gasteiger partial charge in [-0.1, -0.05) is 11.1 Å². The first-order valence-corrected chi connectivity index (χ1v) is 11.6. The van der Waals surface area contributed by atoms with Gasteiger partial charge in [0.1, 0.15) is 11.3 Å². The van der Waals surface area contributed by atoms with Crippen molar-refractivity contribution in [1.82, 2.24) is 19.9 Å². The number of H-pyrrole nitrogens is 2. The molecule has 0 aliphatic heterocycles. The molecular weight excluding hydrogens is 479 g/mol. The van der Waals surface area contributed by atoms with Crippen LogP contribution in [0.1, 0.15) is 0 Å². The van der Waals surface area contributed by atoms with Crippen LogP contribution in [-0.2, 0) is 20.9 Å². The molecule has 144 valence electrons. The average Bonchev–Trinajstić information content (AvgIpc) is 3.21. The monoisotopic (exact) mass is 494 g/mol. The quantitative estimate of drug-likeness (QED) is 0.278. The molecule has 0 spiro atoms. The molecule has 0 aliphatic carbocycles. The fourth-order valence-electron chi connectivity index (χ4n) is 2.04. The second kappa shape index (κ2) is 11.2. The Morgan fingerprint density at radius 2 is 1.50 bits per heavy atom. The van der Waals surface area contributed by atoms with Crippen molar-refractivity contribution in [3.8, 4) is 0 Å². The SMILES string of the molecule is Brc1cnc2[nH]ccc2c1.CS(=O)(=O)c1cnc2[nH]ccc2c1.CS(=O)[O-].[Na+]. The maximum atomic E-state index is 11.1. The molecule has 4 aromatic heterocycles. The van der Waals surface area contributed by atoms with E-state index in [1.807, 2.05) is 18.3 Å². The number of aromatic amines is 2. The van der Waals surface area contributed by atoms with E-state index in [-0.39, 0.29) is 34.5 Å². The molecule has 0 saturated carbocycles. The molecule has 2 N–H and O–H groups in total. The van der Waals surface area contributed by atoms with E-state index in [0.29, 0.717) is 5.65 Å². The maximum Gasteiger partial charge on any atom is 1.00 e. The standard InChI is InChI=1S/C8H8N2O2S.C7H5BrN2.CH4O2S.Na/c1-13(11,12)7-4-6-2-3-9-8(6)10-5-7;8-6-3-5-1-2-9-7(5)10-4-6;1-4(2)3;/h2-5H,1H3,(H,9,10);1-4H,(H,9,10);1H3,(H,2,3);/q;;;+1/p-1. The second-order valence-electron chi connectivity index (χ2n) is 5.33. The summed E-state index contributed by atoms with van der Waals surface area (Å²) in [6, 6.07) is 7.41. The van der Waals surface area contributed by atoms with Crippen molar-refractivity contribution in [2.24, 2.45) is 0 Å². The summed E-state index contributed by atoms with van der Waals surface area (Å²) in [6.07, 6.45) is 8.99. The largest absolute Gasteiger partial charge is 1.00 e. The Morgan fingerprint density at radius 3 is 2.00 bits per heavy atom. The number of rotatable bonds is 1. The number of halogens is 1. The normalized spacial score (nSPS) is 11.6. The number of hydrogen-bond acceptors (Lipinski definition) is 6. The van der Waals surface area contributed by atoms with Gasteiger partial charge in [-0.3, -0.25) is 4.21 Å². The van der Waals surface area contributed by atoms with Crippen molar-refractivity contribution in [2.45, 2.75) is 4.90 Å². The molecule has 0 fully saturated rings. The minimum absolute atomic E-state index is 0. The zero-order valence-corrected chi connectivity index (χ0v) is 20.6. The van der Waals surface area contributed by atoms with Crippen LogP contribution in [0.15, 0.2) is 58.4 Å². The van der Waals surface area contributed by atoms with E-state index >= 15 is 0 Å².